The number of benzene rings is 1. The lowest BCUT2D eigenvalue weighted by atomic mass is 9.99. The van der Waals surface area contributed by atoms with Crippen molar-refractivity contribution in [1.82, 2.24) is 14.9 Å². The van der Waals surface area contributed by atoms with Gasteiger partial charge in [0.1, 0.15) is 31.7 Å². The van der Waals surface area contributed by atoms with Crippen LogP contribution in [0.5, 0.6) is 0 Å². The number of nitrogen functional groups attached to an aromatic ring is 1. The van der Waals surface area contributed by atoms with Gasteiger partial charge in [0.25, 0.3) is 0 Å². The van der Waals surface area contributed by atoms with Gasteiger partial charge in [-0.25, -0.2) is 27.7 Å². The number of hydrogen-bond acceptors (Lipinski definition) is 6. The van der Waals surface area contributed by atoms with Crippen LogP contribution in [0.2, 0.25) is 0 Å². The highest BCUT2D eigenvalue weighted by Gasteiger charge is 2.17. The fourth-order valence-electron chi connectivity index (χ4n) is 3.47. The van der Waals surface area contributed by atoms with Crippen molar-refractivity contribution in [3.05, 3.63) is 68.6 Å². The first-order valence-electron chi connectivity index (χ1n) is 11.4. The van der Waals surface area contributed by atoms with Crippen LogP contribution in [0.4, 0.5) is 19.0 Å². The molecule has 0 spiro atoms. The van der Waals surface area contributed by atoms with Crippen molar-refractivity contribution < 1.29 is 41.9 Å². The number of aliphatic hydroxyl groups is 1. The smallest absolute Gasteiger partial charge is 0.383 e. The summed E-state index contributed by atoms with van der Waals surface area (Å²) in [6.07, 6.45) is 4.54. The summed E-state index contributed by atoms with van der Waals surface area (Å²) in [6.45, 7) is -0.233. The number of phosphoric acid groups is 1. The van der Waals surface area contributed by atoms with E-state index in [0.717, 1.165) is 0 Å². The van der Waals surface area contributed by atoms with E-state index in [2.05, 4.69) is 14.5 Å². The number of hydrogen-bond donors (Lipinski definition) is 5. The highest BCUT2D eigenvalue weighted by Crippen LogP contribution is 2.36. The Hall–Kier alpha value is -2.87. The average Bonchev–Trinajstić information content (AvgIpc) is 2.89. The zero-order valence-electron chi connectivity index (χ0n) is 21.2. The van der Waals surface area contributed by atoms with Crippen molar-refractivity contribution in [2.45, 2.75) is 46.8 Å². The van der Waals surface area contributed by atoms with Crippen LogP contribution in [0.25, 0.3) is 6.08 Å². The molecule has 1 heterocycles. The number of thiol groups is 1. The molecular formula is C24H30F3N4O6PS. The van der Waals surface area contributed by atoms with Crippen LogP contribution in [0.1, 0.15) is 47.0 Å². The van der Waals surface area contributed by atoms with Crippen molar-refractivity contribution in [3.8, 4) is 0 Å². The predicted octanol–water partition coefficient (Wildman–Crippen LogP) is 4.33. The van der Waals surface area contributed by atoms with Gasteiger partial charge in [0.15, 0.2) is 0 Å². The van der Waals surface area contributed by atoms with Gasteiger partial charge in [-0.3, -0.25) is 9.32 Å². The lowest BCUT2D eigenvalue weighted by molar-refractivity contribution is -0.116. The summed E-state index contributed by atoms with van der Waals surface area (Å²) in [4.78, 5) is 39.7. The fraction of sp³-hybridized carbons (Fsp3) is 0.333. The molecule has 0 radical (unpaired) electrons. The maximum absolute atomic E-state index is 13.3. The molecule has 2 aromatic rings. The molecule has 0 aliphatic rings. The second-order valence-corrected chi connectivity index (χ2v) is 10.6. The molecular weight excluding hydrogens is 560 g/mol. The highest BCUT2D eigenvalue weighted by atomic mass is 32.1. The van der Waals surface area contributed by atoms with Crippen molar-refractivity contribution in [1.29, 1.82) is 0 Å². The molecule has 0 atom stereocenters. The summed E-state index contributed by atoms with van der Waals surface area (Å²) >= 11 is 0.150. The number of alkyl halides is 3. The van der Waals surface area contributed by atoms with Gasteiger partial charge in [-0.05, 0) is 54.3 Å². The first-order valence-corrected chi connectivity index (χ1v) is 13.8. The van der Waals surface area contributed by atoms with E-state index in [9.17, 15) is 27.6 Å². The van der Waals surface area contributed by atoms with E-state index in [1.54, 1.807) is 13.8 Å². The minimum absolute atomic E-state index is 0.00339. The number of aliphatic hydroxyl groups excluding tert-OH is 1. The van der Waals surface area contributed by atoms with E-state index in [0.29, 0.717) is 34.0 Å². The van der Waals surface area contributed by atoms with Crippen molar-refractivity contribution >= 4 is 42.5 Å². The zero-order valence-corrected chi connectivity index (χ0v) is 23.0. The largest absolute Gasteiger partial charge is 0.469 e. The second-order valence-electron chi connectivity index (χ2n) is 8.19. The summed E-state index contributed by atoms with van der Waals surface area (Å²) < 4.78 is 55.6. The van der Waals surface area contributed by atoms with Gasteiger partial charge >= 0.3 is 7.82 Å². The molecule has 0 saturated heterocycles. The number of nitrogens with zero attached hydrogens (tertiary/aromatic N) is 3. The fourth-order valence-corrected chi connectivity index (χ4v) is 4.72. The average molecular weight is 591 g/mol. The Kier molecular flexibility index (Phi) is 12.5. The van der Waals surface area contributed by atoms with Crippen LogP contribution in [0, 0.1) is 6.92 Å². The minimum Gasteiger partial charge on any atom is -0.383 e. The standard InChI is InChI=1S/C24H30F3N4O6PS/c1-15(31(14-32)13-20-12-29-16(2)30-24(20)28)22(5-6-37-38(34,35)36)39-23(33)4-3-17-7-18(9-25)21(11-27)19(8-17)10-26/h3-4,7-8,12,14,33,39H,5-6,9-11,13H2,1-2H3,(H2,28,29,30)(H2,34,35,36)/b4-3+,22-15-. The van der Waals surface area contributed by atoms with Gasteiger partial charge in [0, 0.05) is 28.8 Å². The second kappa shape index (κ2) is 15.1. The van der Waals surface area contributed by atoms with E-state index in [4.69, 9.17) is 15.5 Å². The van der Waals surface area contributed by atoms with Crippen molar-refractivity contribution in [3.63, 3.8) is 0 Å². The molecule has 1 aromatic carbocycles. The number of rotatable bonds is 14. The van der Waals surface area contributed by atoms with E-state index in [1.165, 1.54) is 35.4 Å². The van der Waals surface area contributed by atoms with Crippen LogP contribution in [-0.2, 0) is 40.5 Å². The molecule has 39 heavy (non-hydrogen) atoms. The lowest BCUT2D eigenvalue weighted by Gasteiger charge is -2.22. The molecule has 0 unspecified atom stereocenters. The third-order valence-corrected chi connectivity index (χ3v) is 7.20. The predicted molar refractivity (Wildman–Crippen MR) is 145 cm³/mol. The number of allylic oxidation sites excluding steroid dienone is 1. The van der Waals surface area contributed by atoms with Crippen LogP contribution < -0.4 is 5.73 Å². The molecule has 1 aromatic heterocycles. The number of aryl methyl sites for hydroxylation is 1. The van der Waals surface area contributed by atoms with Crippen LogP contribution >= 0.6 is 19.2 Å². The summed E-state index contributed by atoms with van der Waals surface area (Å²) in [5, 5.41) is 10.3. The third kappa shape index (κ3) is 9.99. The Morgan fingerprint density at radius 3 is 2.33 bits per heavy atom. The highest BCUT2D eigenvalue weighted by molar-refractivity contribution is 8.02. The Morgan fingerprint density at radius 2 is 1.82 bits per heavy atom. The van der Waals surface area contributed by atoms with E-state index < -0.39 is 34.5 Å². The number of carbonyl (C=O) groups is 1. The summed E-state index contributed by atoms with van der Waals surface area (Å²) in [5.74, 6) is 0.611. The molecule has 0 fully saturated rings. The SMILES string of the molecule is C/C(=C(CCOP(=O)(O)O)/[SH]=C(O)\C=C\c1cc(CF)c(CF)c(CF)c1)N(C=O)Cc1cnc(C)nc1N. The Morgan fingerprint density at radius 1 is 1.18 bits per heavy atom. The summed E-state index contributed by atoms with van der Waals surface area (Å²) in [5.41, 5.74) is 6.98. The van der Waals surface area contributed by atoms with Gasteiger partial charge in [-0.15, -0.1) is 11.4 Å². The zero-order chi connectivity index (χ0) is 29.2. The van der Waals surface area contributed by atoms with Crippen molar-refractivity contribution in [2.24, 2.45) is 0 Å². The molecule has 0 aliphatic heterocycles. The minimum atomic E-state index is -4.77. The number of amides is 1. The quantitative estimate of drug-likeness (QED) is 0.0710. The number of aromatic nitrogens is 2. The Bertz CT molecular complexity index is 1290. The lowest BCUT2D eigenvalue weighted by Crippen LogP contribution is -2.22. The van der Waals surface area contributed by atoms with Gasteiger partial charge in [0.05, 0.1) is 18.2 Å². The van der Waals surface area contributed by atoms with Gasteiger partial charge < -0.3 is 25.5 Å². The molecule has 10 nitrogen and oxygen atoms in total. The van der Waals surface area contributed by atoms with Gasteiger partial charge in [-0.1, -0.05) is 6.08 Å². The normalized spacial score (nSPS) is 13.3. The number of halogens is 3. The number of phosphoric ester groups is 1. The van der Waals surface area contributed by atoms with Gasteiger partial charge in [0.2, 0.25) is 6.41 Å². The van der Waals surface area contributed by atoms with Crippen molar-refractivity contribution in [2.75, 3.05) is 12.3 Å². The van der Waals surface area contributed by atoms with E-state index in [1.807, 2.05) is 0 Å². The third-order valence-electron chi connectivity index (χ3n) is 5.49. The number of anilines is 1. The Labute approximate surface area is 227 Å². The first-order chi connectivity index (χ1) is 18.4. The molecule has 0 aliphatic carbocycles. The van der Waals surface area contributed by atoms with Gasteiger partial charge in [-0.2, -0.15) is 0 Å². The van der Waals surface area contributed by atoms with Crippen LogP contribution in [0.3, 0.4) is 0 Å². The maximum Gasteiger partial charge on any atom is 0.469 e. The number of carbonyl (C=O) groups excluding carboxylic acids is 1. The Balaban J connectivity index is 2.43. The molecule has 0 saturated carbocycles. The molecule has 1 amide bonds. The summed E-state index contributed by atoms with van der Waals surface area (Å²) in [6, 6.07) is 2.68. The molecule has 15 heteroatoms. The van der Waals surface area contributed by atoms with Crippen LogP contribution in [-0.4, -0.2) is 47.8 Å². The summed E-state index contributed by atoms with van der Waals surface area (Å²) in [7, 11) is -4.77. The molecule has 214 valence electrons. The van der Waals surface area contributed by atoms with E-state index >= 15 is 0 Å². The number of nitrogens with two attached hydrogens (primary N) is 1. The molecule has 0 bridgehead atoms. The maximum atomic E-state index is 13.3. The topological polar surface area (TPSA) is 159 Å². The van der Waals surface area contributed by atoms with Crippen LogP contribution in [0.15, 0.2) is 35.0 Å². The monoisotopic (exact) mass is 590 g/mol. The molecule has 5 N–H and O–H groups in total. The first kappa shape index (κ1) is 32.3. The molecule has 2 rings (SSSR count). The van der Waals surface area contributed by atoms with E-state index in [-0.39, 0.29) is 51.9 Å².